The summed E-state index contributed by atoms with van der Waals surface area (Å²) < 4.78 is 6.83. The zero-order valence-corrected chi connectivity index (χ0v) is 11.0. The van der Waals surface area contributed by atoms with Crippen molar-refractivity contribution >= 4 is 27.7 Å². The Morgan fingerprint density at radius 3 is 2.62 bits per heavy atom. The molecule has 0 aromatic carbocycles. The molecule has 88 valence electrons. The molecule has 0 unspecified atom stereocenters. The van der Waals surface area contributed by atoms with E-state index in [1.165, 1.54) is 11.6 Å². The maximum atomic E-state index is 11.7. The number of rotatable bonds is 4. The second-order valence-electron chi connectivity index (χ2n) is 3.34. The number of nitrogens with zero attached hydrogens (tertiary/aromatic N) is 2. The van der Waals surface area contributed by atoms with E-state index in [1.54, 1.807) is 13.8 Å². The number of hydrogen-bond donors (Lipinski definition) is 0. The van der Waals surface area contributed by atoms with Gasteiger partial charge in [0.05, 0.1) is 6.61 Å². The lowest BCUT2D eigenvalue weighted by Crippen LogP contribution is -2.17. The molecule has 0 radical (unpaired) electrons. The number of hydrogen-bond acceptors (Lipinski definition) is 4. The zero-order chi connectivity index (χ0) is 12.3. The summed E-state index contributed by atoms with van der Waals surface area (Å²) in [5, 5.41) is 4.07. The van der Waals surface area contributed by atoms with Crippen LogP contribution in [0.4, 0.5) is 0 Å². The molecule has 0 saturated heterocycles. The SMILES string of the molecule is CCOC(=O)c1c(C)c(Br)nn1CC(C)=O. The summed E-state index contributed by atoms with van der Waals surface area (Å²) >= 11 is 3.23. The van der Waals surface area contributed by atoms with E-state index in [0.29, 0.717) is 22.5 Å². The van der Waals surface area contributed by atoms with E-state index in [1.807, 2.05) is 0 Å². The molecule has 1 rings (SSSR count). The monoisotopic (exact) mass is 288 g/mol. The van der Waals surface area contributed by atoms with Gasteiger partial charge in [-0.15, -0.1) is 0 Å². The Kier molecular flexibility index (Phi) is 4.23. The highest BCUT2D eigenvalue weighted by Crippen LogP contribution is 2.19. The fraction of sp³-hybridized carbons (Fsp3) is 0.500. The molecule has 0 bridgehead atoms. The van der Waals surface area contributed by atoms with Gasteiger partial charge in [-0.25, -0.2) is 9.48 Å². The summed E-state index contributed by atoms with van der Waals surface area (Å²) in [5.74, 6) is -0.528. The van der Waals surface area contributed by atoms with Crippen LogP contribution < -0.4 is 0 Å². The molecular weight excluding hydrogens is 276 g/mol. The van der Waals surface area contributed by atoms with Crippen LogP contribution in [0.2, 0.25) is 0 Å². The highest BCUT2D eigenvalue weighted by molar-refractivity contribution is 9.10. The van der Waals surface area contributed by atoms with E-state index < -0.39 is 5.97 Å². The molecule has 0 atom stereocenters. The topological polar surface area (TPSA) is 61.2 Å². The second kappa shape index (κ2) is 5.25. The highest BCUT2D eigenvalue weighted by Gasteiger charge is 2.21. The quantitative estimate of drug-likeness (QED) is 0.792. The van der Waals surface area contributed by atoms with Crippen molar-refractivity contribution in [3.8, 4) is 0 Å². The van der Waals surface area contributed by atoms with Gasteiger partial charge in [0.1, 0.15) is 11.1 Å². The summed E-state index contributed by atoms with van der Waals surface area (Å²) in [6, 6.07) is 0. The predicted octanol–water partition coefficient (Wildman–Crippen LogP) is 1.72. The molecule has 16 heavy (non-hydrogen) atoms. The summed E-state index contributed by atoms with van der Waals surface area (Å²) in [6.45, 7) is 5.29. The van der Waals surface area contributed by atoms with Crippen LogP contribution >= 0.6 is 15.9 Å². The Balaban J connectivity index is 3.13. The van der Waals surface area contributed by atoms with Gasteiger partial charge in [0.2, 0.25) is 0 Å². The van der Waals surface area contributed by atoms with Crippen LogP contribution in [0.15, 0.2) is 4.60 Å². The van der Waals surface area contributed by atoms with E-state index >= 15 is 0 Å². The average Bonchev–Trinajstić information content (AvgIpc) is 2.41. The van der Waals surface area contributed by atoms with Gasteiger partial charge in [-0.1, -0.05) is 0 Å². The normalized spacial score (nSPS) is 10.2. The number of carbonyl (C=O) groups excluding carboxylic acids is 2. The summed E-state index contributed by atoms with van der Waals surface area (Å²) in [6.07, 6.45) is 0. The Morgan fingerprint density at radius 1 is 1.50 bits per heavy atom. The minimum absolute atomic E-state index is 0.0689. The van der Waals surface area contributed by atoms with Crippen molar-refractivity contribution in [2.75, 3.05) is 6.61 Å². The van der Waals surface area contributed by atoms with E-state index in [-0.39, 0.29) is 12.3 Å². The molecular formula is C10H13BrN2O3. The number of Topliss-reactive ketones (excluding diaryl/α,β-unsaturated/α-hetero) is 1. The minimum atomic E-state index is -0.459. The summed E-state index contributed by atoms with van der Waals surface area (Å²) in [5.41, 5.74) is 1.00. The Bertz CT molecular complexity index is 426. The van der Waals surface area contributed by atoms with Crippen LogP contribution in [-0.2, 0) is 16.1 Å². The van der Waals surface area contributed by atoms with Crippen molar-refractivity contribution in [2.24, 2.45) is 0 Å². The van der Waals surface area contributed by atoms with Crippen LogP contribution in [-0.4, -0.2) is 28.1 Å². The third-order valence-corrected chi connectivity index (χ3v) is 2.73. The van der Waals surface area contributed by atoms with E-state index in [9.17, 15) is 9.59 Å². The molecule has 0 spiro atoms. The first-order valence-corrected chi connectivity index (χ1v) is 5.66. The number of ether oxygens (including phenoxy) is 1. The fourth-order valence-corrected chi connectivity index (χ4v) is 1.68. The Hall–Kier alpha value is -1.17. The number of esters is 1. The number of carbonyl (C=O) groups is 2. The van der Waals surface area contributed by atoms with Gasteiger partial charge in [-0.2, -0.15) is 5.10 Å². The molecule has 0 N–H and O–H groups in total. The maximum Gasteiger partial charge on any atom is 0.356 e. The van der Waals surface area contributed by atoms with Crippen molar-refractivity contribution in [2.45, 2.75) is 27.3 Å². The molecule has 5 nitrogen and oxygen atoms in total. The van der Waals surface area contributed by atoms with Crippen molar-refractivity contribution in [1.29, 1.82) is 0 Å². The van der Waals surface area contributed by atoms with Gasteiger partial charge in [-0.05, 0) is 36.7 Å². The van der Waals surface area contributed by atoms with Crippen molar-refractivity contribution in [1.82, 2.24) is 9.78 Å². The van der Waals surface area contributed by atoms with Crippen LogP contribution in [0.25, 0.3) is 0 Å². The van der Waals surface area contributed by atoms with Crippen LogP contribution in [0, 0.1) is 6.92 Å². The van der Waals surface area contributed by atoms with Crippen molar-refractivity contribution < 1.29 is 14.3 Å². The lowest BCUT2D eigenvalue weighted by molar-refractivity contribution is -0.117. The van der Waals surface area contributed by atoms with Gasteiger partial charge in [0.25, 0.3) is 0 Å². The fourth-order valence-electron chi connectivity index (χ4n) is 1.31. The molecule has 0 amide bonds. The standard InChI is InChI=1S/C10H13BrN2O3/c1-4-16-10(15)8-7(3)9(11)12-13(8)5-6(2)14/h4-5H2,1-3H3. The van der Waals surface area contributed by atoms with Crippen LogP contribution in [0.5, 0.6) is 0 Å². The summed E-state index contributed by atoms with van der Waals surface area (Å²) in [7, 11) is 0. The third-order valence-electron chi connectivity index (χ3n) is 1.97. The largest absolute Gasteiger partial charge is 0.461 e. The van der Waals surface area contributed by atoms with E-state index in [4.69, 9.17) is 4.74 Å². The van der Waals surface area contributed by atoms with Gasteiger partial charge in [0, 0.05) is 5.56 Å². The first-order chi connectivity index (χ1) is 7.47. The number of aromatic nitrogens is 2. The third kappa shape index (κ3) is 2.69. The lowest BCUT2D eigenvalue weighted by Gasteiger charge is -2.05. The maximum absolute atomic E-state index is 11.7. The minimum Gasteiger partial charge on any atom is -0.461 e. The Labute approximate surface area is 102 Å². The molecule has 0 fully saturated rings. The Morgan fingerprint density at radius 2 is 2.12 bits per heavy atom. The van der Waals surface area contributed by atoms with Gasteiger partial charge in [0.15, 0.2) is 11.5 Å². The van der Waals surface area contributed by atoms with Crippen molar-refractivity contribution in [3.05, 3.63) is 15.9 Å². The van der Waals surface area contributed by atoms with Crippen LogP contribution in [0.1, 0.15) is 29.9 Å². The zero-order valence-electron chi connectivity index (χ0n) is 9.41. The van der Waals surface area contributed by atoms with Crippen LogP contribution in [0.3, 0.4) is 0 Å². The first-order valence-electron chi connectivity index (χ1n) is 4.86. The van der Waals surface area contributed by atoms with E-state index in [2.05, 4.69) is 21.0 Å². The van der Waals surface area contributed by atoms with Gasteiger partial charge >= 0.3 is 5.97 Å². The molecule has 0 aliphatic heterocycles. The number of halogens is 1. The molecule has 0 aliphatic carbocycles. The van der Waals surface area contributed by atoms with Crippen molar-refractivity contribution in [3.63, 3.8) is 0 Å². The molecule has 0 aliphatic rings. The predicted molar refractivity (Wildman–Crippen MR) is 61.3 cm³/mol. The summed E-state index contributed by atoms with van der Waals surface area (Å²) in [4.78, 5) is 22.7. The average molecular weight is 289 g/mol. The second-order valence-corrected chi connectivity index (χ2v) is 4.10. The number of ketones is 1. The molecule has 6 heteroatoms. The first kappa shape index (κ1) is 12.9. The highest BCUT2D eigenvalue weighted by atomic mass is 79.9. The molecule has 1 aromatic heterocycles. The van der Waals surface area contributed by atoms with Gasteiger partial charge in [-0.3, -0.25) is 4.79 Å². The van der Waals surface area contributed by atoms with E-state index in [0.717, 1.165) is 0 Å². The lowest BCUT2D eigenvalue weighted by atomic mass is 10.3. The molecule has 1 heterocycles. The smallest absolute Gasteiger partial charge is 0.356 e. The van der Waals surface area contributed by atoms with Gasteiger partial charge < -0.3 is 4.74 Å². The molecule has 1 aromatic rings. The molecule has 0 saturated carbocycles.